The normalized spacial score (nSPS) is 16.2. The van der Waals surface area contributed by atoms with E-state index < -0.39 is 13.0 Å². The van der Waals surface area contributed by atoms with Crippen LogP contribution >= 0.6 is 0 Å². The summed E-state index contributed by atoms with van der Waals surface area (Å²) in [6, 6.07) is 11.2. The standard InChI is InChI=1S/C21H28F2N4O2/c1-24-21(25-13-16-6-4-7-17(12-16)29-15-20(22)23)26-14-18(19-8-5-11-28-19)27-9-2-3-10-27/h4-8,11-12,18,20H,2-3,9-10,13-15H2,1H3,(H2,24,25,26). The fourth-order valence-corrected chi connectivity index (χ4v) is 3.45. The predicted octanol–water partition coefficient (Wildman–Crippen LogP) is 3.43. The fraction of sp³-hybridized carbons (Fsp3) is 0.476. The van der Waals surface area contributed by atoms with E-state index in [0.717, 1.165) is 24.4 Å². The highest BCUT2D eigenvalue weighted by Crippen LogP contribution is 2.24. The third kappa shape index (κ3) is 6.45. The molecule has 29 heavy (non-hydrogen) atoms. The van der Waals surface area contributed by atoms with Crippen LogP contribution in [0.1, 0.15) is 30.2 Å². The van der Waals surface area contributed by atoms with Crippen LogP contribution in [0.2, 0.25) is 0 Å². The number of hydrogen-bond donors (Lipinski definition) is 2. The highest BCUT2D eigenvalue weighted by molar-refractivity contribution is 5.79. The van der Waals surface area contributed by atoms with Crippen LogP contribution in [0.25, 0.3) is 0 Å². The zero-order valence-electron chi connectivity index (χ0n) is 16.6. The van der Waals surface area contributed by atoms with Gasteiger partial charge in [0.05, 0.1) is 12.3 Å². The largest absolute Gasteiger partial charge is 0.488 e. The van der Waals surface area contributed by atoms with Crippen LogP contribution in [-0.2, 0) is 6.54 Å². The van der Waals surface area contributed by atoms with Crippen molar-refractivity contribution in [1.82, 2.24) is 15.5 Å². The molecular weight excluding hydrogens is 378 g/mol. The van der Waals surface area contributed by atoms with Crippen molar-refractivity contribution in [3.8, 4) is 5.75 Å². The van der Waals surface area contributed by atoms with Gasteiger partial charge in [-0.05, 0) is 55.8 Å². The second-order valence-corrected chi connectivity index (χ2v) is 6.93. The Morgan fingerprint density at radius 1 is 1.21 bits per heavy atom. The molecular formula is C21H28F2N4O2. The van der Waals surface area contributed by atoms with Crippen LogP contribution in [-0.4, -0.2) is 50.6 Å². The highest BCUT2D eigenvalue weighted by Gasteiger charge is 2.25. The second kappa shape index (κ2) is 10.8. The lowest BCUT2D eigenvalue weighted by molar-refractivity contribution is 0.0818. The van der Waals surface area contributed by atoms with Crippen molar-refractivity contribution in [3.05, 3.63) is 54.0 Å². The molecule has 1 saturated heterocycles. The highest BCUT2D eigenvalue weighted by atomic mass is 19.3. The van der Waals surface area contributed by atoms with Crippen molar-refractivity contribution in [3.63, 3.8) is 0 Å². The Hall–Kier alpha value is -2.61. The number of nitrogens with one attached hydrogen (secondary N) is 2. The average Bonchev–Trinajstić information content (AvgIpc) is 3.44. The Labute approximate surface area is 169 Å². The van der Waals surface area contributed by atoms with Gasteiger partial charge >= 0.3 is 0 Å². The Bertz CT molecular complexity index is 762. The molecule has 158 valence electrons. The van der Waals surface area contributed by atoms with Gasteiger partial charge in [0, 0.05) is 20.1 Å². The van der Waals surface area contributed by atoms with Gasteiger partial charge < -0.3 is 19.8 Å². The first kappa shape index (κ1) is 21.1. The van der Waals surface area contributed by atoms with Crippen molar-refractivity contribution in [2.24, 2.45) is 4.99 Å². The molecule has 1 aromatic heterocycles. The first-order valence-electron chi connectivity index (χ1n) is 9.87. The van der Waals surface area contributed by atoms with E-state index in [-0.39, 0.29) is 6.04 Å². The van der Waals surface area contributed by atoms with Crippen molar-refractivity contribution in [1.29, 1.82) is 0 Å². The lowest BCUT2D eigenvalue weighted by Crippen LogP contribution is -2.42. The Morgan fingerprint density at radius 2 is 2.03 bits per heavy atom. The summed E-state index contributed by atoms with van der Waals surface area (Å²) in [5.74, 6) is 2.04. The molecule has 2 N–H and O–H groups in total. The molecule has 0 saturated carbocycles. The van der Waals surface area contributed by atoms with Crippen molar-refractivity contribution in [2.45, 2.75) is 31.9 Å². The topological polar surface area (TPSA) is 62.0 Å². The van der Waals surface area contributed by atoms with Crippen LogP contribution in [0.4, 0.5) is 8.78 Å². The minimum absolute atomic E-state index is 0.150. The number of halogens is 2. The van der Waals surface area contributed by atoms with E-state index in [0.29, 0.717) is 24.8 Å². The molecule has 2 heterocycles. The number of aliphatic imine (C=N–C) groups is 1. The molecule has 0 aliphatic carbocycles. The molecule has 0 spiro atoms. The molecule has 1 aliphatic rings. The maximum atomic E-state index is 12.3. The van der Waals surface area contributed by atoms with E-state index in [4.69, 9.17) is 9.15 Å². The summed E-state index contributed by atoms with van der Waals surface area (Å²) in [6.07, 6.45) is 1.62. The van der Waals surface area contributed by atoms with Gasteiger partial charge in [0.1, 0.15) is 18.1 Å². The third-order valence-corrected chi connectivity index (χ3v) is 4.87. The number of ether oxygens (including phenoxy) is 1. The summed E-state index contributed by atoms with van der Waals surface area (Å²) in [7, 11) is 1.72. The van der Waals surface area contributed by atoms with Crippen molar-refractivity contribution < 1.29 is 17.9 Å². The number of nitrogens with zero attached hydrogens (tertiary/aromatic N) is 2. The van der Waals surface area contributed by atoms with Crippen LogP contribution < -0.4 is 15.4 Å². The molecule has 8 heteroatoms. The van der Waals surface area contributed by atoms with E-state index >= 15 is 0 Å². The van der Waals surface area contributed by atoms with Crippen LogP contribution in [0.15, 0.2) is 52.1 Å². The molecule has 0 amide bonds. The molecule has 1 unspecified atom stereocenters. The Balaban J connectivity index is 1.53. The number of likely N-dealkylation sites (tertiary alicyclic amines) is 1. The quantitative estimate of drug-likeness (QED) is 0.494. The summed E-state index contributed by atoms with van der Waals surface area (Å²) < 4.78 is 35.4. The van der Waals surface area contributed by atoms with Gasteiger partial charge in [0.2, 0.25) is 0 Å². The van der Waals surface area contributed by atoms with Gasteiger partial charge in [0.15, 0.2) is 5.96 Å². The summed E-state index contributed by atoms with van der Waals surface area (Å²) in [6.45, 7) is 2.69. The number of rotatable bonds is 9. The van der Waals surface area contributed by atoms with Crippen LogP contribution in [0, 0.1) is 0 Å². The maximum absolute atomic E-state index is 12.3. The van der Waals surface area contributed by atoms with Gasteiger partial charge in [0.25, 0.3) is 6.43 Å². The number of benzene rings is 1. The molecule has 1 atom stereocenters. The first-order chi connectivity index (χ1) is 14.2. The number of hydrogen-bond acceptors (Lipinski definition) is 4. The van der Waals surface area contributed by atoms with Gasteiger partial charge in [-0.2, -0.15) is 0 Å². The van der Waals surface area contributed by atoms with E-state index in [1.807, 2.05) is 18.2 Å². The summed E-state index contributed by atoms with van der Waals surface area (Å²) in [5.41, 5.74) is 0.918. The van der Waals surface area contributed by atoms with Crippen LogP contribution in [0.3, 0.4) is 0 Å². The van der Waals surface area contributed by atoms with Crippen molar-refractivity contribution >= 4 is 5.96 Å². The van der Waals surface area contributed by atoms with Gasteiger partial charge in [-0.15, -0.1) is 0 Å². The lowest BCUT2D eigenvalue weighted by atomic mass is 10.2. The van der Waals surface area contributed by atoms with Crippen LogP contribution in [0.5, 0.6) is 5.75 Å². The molecule has 3 rings (SSSR count). The second-order valence-electron chi connectivity index (χ2n) is 6.93. The number of furan rings is 1. The zero-order valence-corrected chi connectivity index (χ0v) is 16.6. The predicted molar refractivity (Wildman–Crippen MR) is 108 cm³/mol. The third-order valence-electron chi connectivity index (χ3n) is 4.87. The smallest absolute Gasteiger partial charge is 0.272 e. The molecule has 1 fully saturated rings. The summed E-state index contributed by atoms with van der Waals surface area (Å²) >= 11 is 0. The summed E-state index contributed by atoms with van der Waals surface area (Å²) in [4.78, 5) is 6.70. The Kier molecular flexibility index (Phi) is 7.86. The molecule has 0 radical (unpaired) electrons. The first-order valence-corrected chi connectivity index (χ1v) is 9.87. The van der Waals surface area contributed by atoms with Gasteiger partial charge in [-0.1, -0.05) is 12.1 Å². The molecule has 0 bridgehead atoms. The lowest BCUT2D eigenvalue weighted by Gasteiger charge is -2.26. The molecule has 6 nitrogen and oxygen atoms in total. The number of guanidine groups is 1. The van der Waals surface area contributed by atoms with E-state index in [1.54, 1.807) is 31.5 Å². The SMILES string of the molecule is CN=C(NCc1cccc(OCC(F)F)c1)NCC(c1ccco1)N1CCCC1. The van der Waals surface area contributed by atoms with Crippen molar-refractivity contribution in [2.75, 3.05) is 33.3 Å². The molecule has 1 aliphatic heterocycles. The minimum Gasteiger partial charge on any atom is -0.488 e. The van der Waals surface area contributed by atoms with Gasteiger partial charge in [-0.25, -0.2) is 8.78 Å². The fourth-order valence-electron chi connectivity index (χ4n) is 3.45. The average molecular weight is 406 g/mol. The minimum atomic E-state index is -2.49. The zero-order chi connectivity index (χ0) is 20.5. The van der Waals surface area contributed by atoms with Gasteiger partial charge in [-0.3, -0.25) is 9.89 Å². The van der Waals surface area contributed by atoms with E-state index in [9.17, 15) is 8.78 Å². The maximum Gasteiger partial charge on any atom is 0.272 e. The monoisotopic (exact) mass is 406 g/mol. The number of alkyl halides is 2. The Morgan fingerprint density at radius 3 is 2.72 bits per heavy atom. The summed E-state index contributed by atoms with van der Waals surface area (Å²) in [5, 5.41) is 6.62. The molecule has 2 aromatic rings. The van der Waals surface area contributed by atoms with E-state index in [1.165, 1.54) is 12.8 Å². The molecule has 1 aromatic carbocycles. The van der Waals surface area contributed by atoms with E-state index in [2.05, 4.69) is 20.5 Å².